The van der Waals surface area contributed by atoms with Gasteiger partial charge < -0.3 is 10.2 Å². The Morgan fingerprint density at radius 1 is 0.310 bits per heavy atom. The third-order valence-corrected chi connectivity index (χ3v) is 7.81. The van der Waals surface area contributed by atoms with Crippen molar-refractivity contribution in [1.82, 2.24) is 0 Å². The van der Waals surface area contributed by atoms with Crippen LogP contribution in [-0.2, 0) is 19.2 Å². The molecule has 0 aliphatic carbocycles. The summed E-state index contributed by atoms with van der Waals surface area (Å²) >= 11 is 0. The number of carbonyl (C=O) groups excluding carboxylic acids is 2. The zero-order chi connectivity index (χ0) is 31.5. The van der Waals surface area contributed by atoms with Gasteiger partial charge in [-0.25, -0.2) is 0 Å². The number of hydrogen-bond acceptors (Lipinski definition) is 4. The van der Waals surface area contributed by atoms with Crippen LogP contribution in [0.2, 0.25) is 0 Å². The van der Waals surface area contributed by atoms with E-state index in [-0.39, 0.29) is 0 Å². The predicted octanol–water partition coefficient (Wildman–Crippen LogP) is 11.0. The molecule has 0 aromatic rings. The van der Waals surface area contributed by atoms with E-state index in [9.17, 15) is 19.2 Å². The second-order valence-corrected chi connectivity index (χ2v) is 12.1. The SMILES string of the molecule is CCCCCCC(=O)CCCCCCCCCCC(=O)O.CCCCCCC(=O)CCCCCCCCCCC(=O)O. The van der Waals surface area contributed by atoms with Gasteiger partial charge in [0.2, 0.25) is 0 Å². The van der Waals surface area contributed by atoms with Crippen LogP contribution in [0.5, 0.6) is 0 Å². The summed E-state index contributed by atoms with van der Waals surface area (Å²) in [6, 6.07) is 0. The first kappa shape index (κ1) is 42.4. The number of ketones is 2. The number of Topliss-reactive ketones (excluding diaryl/α,β-unsaturated/α-hetero) is 2. The molecular weight excluding hydrogens is 528 g/mol. The molecule has 0 radical (unpaired) electrons. The molecule has 0 aromatic heterocycles. The van der Waals surface area contributed by atoms with E-state index in [1.54, 1.807) is 0 Å². The standard InChI is InChI=1S/2C18H34O3/c2*1-2-3-4-11-14-17(19)15-12-9-7-5-6-8-10-13-16-18(20)21/h2*2-16H2,1H3,(H,20,21). The minimum Gasteiger partial charge on any atom is -0.481 e. The Bertz CT molecular complexity index is 576. The van der Waals surface area contributed by atoms with Crippen molar-refractivity contribution < 1.29 is 29.4 Å². The van der Waals surface area contributed by atoms with Gasteiger partial charge in [0.1, 0.15) is 11.6 Å². The van der Waals surface area contributed by atoms with Gasteiger partial charge in [0.25, 0.3) is 0 Å². The Morgan fingerprint density at radius 3 is 0.714 bits per heavy atom. The van der Waals surface area contributed by atoms with Crippen molar-refractivity contribution in [1.29, 1.82) is 0 Å². The molecule has 42 heavy (non-hydrogen) atoms. The van der Waals surface area contributed by atoms with E-state index >= 15 is 0 Å². The van der Waals surface area contributed by atoms with Crippen LogP contribution in [0, 0.1) is 0 Å². The molecule has 6 nitrogen and oxygen atoms in total. The van der Waals surface area contributed by atoms with Crippen LogP contribution in [0.4, 0.5) is 0 Å². The highest BCUT2D eigenvalue weighted by Crippen LogP contribution is 2.13. The lowest BCUT2D eigenvalue weighted by molar-refractivity contribution is -0.138. The Morgan fingerprint density at radius 2 is 0.500 bits per heavy atom. The zero-order valence-corrected chi connectivity index (χ0v) is 27.7. The maximum atomic E-state index is 11.6. The van der Waals surface area contributed by atoms with Crippen LogP contribution >= 0.6 is 0 Å². The second kappa shape index (κ2) is 35.5. The minimum absolute atomic E-state index is 0.306. The number of unbranched alkanes of at least 4 members (excludes halogenated alkanes) is 20. The van der Waals surface area contributed by atoms with Gasteiger partial charge in [-0.1, -0.05) is 129 Å². The fraction of sp³-hybridized carbons (Fsp3) is 0.889. The lowest BCUT2D eigenvalue weighted by atomic mass is 10.0. The summed E-state index contributed by atoms with van der Waals surface area (Å²) in [5.41, 5.74) is 0. The van der Waals surface area contributed by atoms with Crippen molar-refractivity contribution in [2.45, 2.75) is 206 Å². The van der Waals surface area contributed by atoms with Gasteiger partial charge in [0.05, 0.1) is 0 Å². The maximum Gasteiger partial charge on any atom is 0.303 e. The molecule has 0 rings (SSSR count). The van der Waals surface area contributed by atoms with E-state index in [4.69, 9.17) is 10.2 Å². The summed E-state index contributed by atoms with van der Waals surface area (Å²) in [6.07, 6.45) is 30.8. The monoisotopic (exact) mass is 597 g/mol. The van der Waals surface area contributed by atoms with Crippen molar-refractivity contribution in [2.75, 3.05) is 0 Å². The minimum atomic E-state index is -0.686. The van der Waals surface area contributed by atoms with Gasteiger partial charge in [0.15, 0.2) is 0 Å². The van der Waals surface area contributed by atoms with Crippen LogP contribution in [0.1, 0.15) is 206 Å². The normalized spacial score (nSPS) is 10.7. The molecule has 248 valence electrons. The van der Waals surface area contributed by atoms with Gasteiger partial charge in [-0.2, -0.15) is 0 Å². The quantitative estimate of drug-likeness (QED) is 0.0748. The van der Waals surface area contributed by atoms with Gasteiger partial charge in [-0.3, -0.25) is 19.2 Å². The number of hydrogen-bond donors (Lipinski definition) is 2. The Hall–Kier alpha value is -1.72. The molecule has 0 aliphatic rings. The molecule has 0 amide bonds. The summed E-state index contributed by atoms with van der Waals surface area (Å²) in [6.45, 7) is 4.38. The third-order valence-electron chi connectivity index (χ3n) is 7.81. The van der Waals surface area contributed by atoms with Crippen LogP contribution in [-0.4, -0.2) is 33.7 Å². The van der Waals surface area contributed by atoms with Crippen LogP contribution < -0.4 is 0 Å². The lowest BCUT2D eigenvalue weighted by Gasteiger charge is -2.02. The molecule has 6 heteroatoms. The van der Waals surface area contributed by atoms with E-state index in [0.29, 0.717) is 24.4 Å². The first-order valence-electron chi connectivity index (χ1n) is 17.8. The highest BCUT2D eigenvalue weighted by Gasteiger charge is 2.03. The first-order valence-corrected chi connectivity index (χ1v) is 17.8. The van der Waals surface area contributed by atoms with Crippen LogP contribution in [0.3, 0.4) is 0 Å². The molecule has 0 saturated carbocycles. The van der Waals surface area contributed by atoms with Gasteiger partial charge in [0, 0.05) is 38.5 Å². The first-order chi connectivity index (χ1) is 20.3. The molecule has 0 atom stereocenters. The average molecular weight is 597 g/mol. The maximum absolute atomic E-state index is 11.6. The molecule has 2 N–H and O–H groups in total. The fourth-order valence-electron chi connectivity index (χ4n) is 5.07. The molecule has 0 fully saturated rings. The third kappa shape index (κ3) is 40.4. The highest BCUT2D eigenvalue weighted by atomic mass is 16.4. The van der Waals surface area contributed by atoms with E-state index in [1.165, 1.54) is 77.0 Å². The fourth-order valence-corrected chi connectivity index (χ4v) is 5.07. The number of carbonyl (C=O) groups is 4. The zero-order valence-electron chi connectivity index (χ0n) is 27.7. The van der Waals surface area contributed by atoms with Crippen molar-refractivity contribution in [2.24, 2.45) is 0 Å². The summed E-state index contributed by atoms with van der Waals surface area (Å²) in [5, 5.41) is 17.0. The molecular formula is C36H68O6. The summed E-state index contributed by atoms with van der Waals surface area (Å²) in [7, 11) is 0. The van der Waals surface area contributed by atoms with E-state index in [2.05, 4.69) is 13.8 Å². The van der Waals surface area contributed by atoms with E-state index in [0.717, 1.165) is 103 Å². The van der Waals surface area contributed by atoms with Crippen LogP contribution in [0.15, 0.2) is 0 Å². The molecule has 0 bridgehead atoms. The van der Waals surface area contributed by atoms with E-state index < -0.39 is 11.9 Å². The molecule has 0 aliphatic heterocycles. The number of rotatable bonds is 32. The molecule has 0 aromatic carbocycles. The topological polar surface area (TPSA) is 109 Å². The van der Waals surface area contributed by atoms with Gasteiger partial charge >= 0.3 is 11.9 Å². The van der Waals surface area contributed by atoms with Crippen LogP contribution in [0.25, 0.3) is 0 Å². The Kier molecular flexibility index (Phi) is 35.8. The van der Waals surface area contributed by atoms with Gasteiger partial charge in [-0.05, 0) is 38.5 Å². The largest absolute Gasteiger partial charge is 0.481 e. The average Bonchev–Trinajstić information content (AvgIpc) is 2.95. The predicted molar refractivity (Wildman–Crippen MR) is 175 cm³/mol. The van der Waals surface area contributed by atoms with Crippen molar-refractivity contribution in [3.05, 3.63) is 0 Å². The smallest absolute Gasteiger partial charge is 0.303 e. The van der Waals surface area contributed by atoms with Crippen molar-refractivity contribution in [3.8, 4) is 0 Å². The lowest BCUT2D eigenvalue weighted by Crippen LogP contribution is -1.97. The van der Waals surface area contributed by atoms with Crippen molar-refractivity contribution >= 4 is 23.5 Å². The number of aliphatic carboxylic acids is 2. The van der Waals surface area contributed by atoms with Crippen molar-refractivity contribution in [3.63, 3.8) is 0 Å². The molecule has 0 unspecified atom stereocenters. The highest BCUT2D eigenvalue weighted by molar-refractivity contribution is 5.78. The molecule has 0 heterocycles. The second-order valence-electron chi connectivity index (χ2n) is 12.1. The Labute approximate surface area is 259 Å². The summed E-state index contributed by atoms with van der Waals surface area (Å²) in [4.78, 5) is 43.9. The molecule has 0 saturated heterocycles. The van der Waals surface area contributed by atoms with Gasteiger partial charge in [-0.15, -0.1) is 0 Å². The summed E-state index contributed by atoms with van der Waals surface area (Å²) in [5.74, 6) is -0.483. The number of carboxylic acid groups (broad SMARTS) is 2. The van der Waals surface area contributed by atoms with E-state index in [1.807, 2.05) is 0 Å². The summed E-state index contributed by atoms with van der Waals surface area (Å²) < 4.78 is 0. The number of carboxylic acids is 2. The Balaban J connectivity index is 0. The molecule has 0 spiro atoms.